The van der Waals surface area contributed by atoms with Crippen LogP contribution in [0.15, 0.2) is 53.4 Å². The number of hydrogen-bond acceptors (Lipinski definition) is 4. The van der Waals surface area contributed by atoms with Gasteiger partial charge in [-0.25, -0.2) is 0 Å². The second-order valence-electron chi connectivity index (χ2n) is 5.48. The van der Waals surface area contributed by atoms with Gasteiger partial charge in [-0.05, 0) is 48.0 Å². The Hall–Kier alpha value is -1.82. The van der Waals surface area contributed by atoms with E-state index in [-0.39, 0.29) is 5.91 Å². The summed E-state index contributed by atoms with van der Waals surface area (Å²) in [6, 6.07) is 15.1. The zero-order valence-electron chi connectivity index (χ0n) is 13.2. The summed E-state index contributed by atoms with van der Waals surface area (Å²) in [4.78, 5) is 16.9. The fourth-order valence-electron chi connectivity index (χ4n) is 2.30. The minimum atomic E-state index is -0.0995. The molecule has 3 nitrogen and oxygen atoms in total. The Labute approximate surface area is 155 Å². The molecule has 0 aromatic heterocycles. The van der Waals surface area contributed by atoms with Gasteiger partial charge in [-0.3, -0.25) is 9.69 Å². The van der Waals surface area contributed by atoms with Crippen LogP contribution in [0.5, 0.6) is 0 Å². The van der Waals surface area contributed by atoms with E-state index in [1.807, 2.05) is 61.5 Å². The highest BCUT2D eigenvalue weighted by molar-refractivity contribution is 8.27. The maximum Gasteiger partial charge on any atom is 0.270 e. The fraction of sp³-hybridized carbons (Fsp3) is 0.111. The molecule has 1 aliphatic rings. The molecule has 1 amide bonds. The Morgan fingerprint density at radius 3 is 2.29 bits per heavy atom. The number of benzene rings is 2. The van der Waals surface area contributed by atoms with Gasteiger partial charge < -0.3 is 4.90 Å². The van der Waals surface area contributed by atoms with Crippen molar-refractivity contribution in [3.05, 3.63) is 64.0 Å². The van der Waals surface area contributed by atoms with Crippen molar-refractivity contribution < 1.29 is 4.79 Å². The lowest BCUT2D eigenvalue weighted by atomic mass is 10.2. The van der Waals surface area contributed by atoms with Crippen LogP contribution < -0.4 is 9.80 Å². The standard InChI is InChI=1S/C18H15ClN2OS2/c1-20(2)14-7-9-15(10-8-14)21-17(22)16(24-18(21)23)11-12-3-5-13(19)6-4-12/h3-11H,1-2H3/b16-11+. The molecule has 0 radical (unpaired) electrons. The van der Waals surface area contributed by atoms with Crippen LogP contribution in [0, 0.1) is 0 Å². The molecule has 122 valence electrons. The molecule has 0 N–H and O–H groups in total. The molecule has 1 heterocycles. The summed E-state index contributed by atoms with van der Waals surface area (Å²) in [6.45, 7) is 0. The number of carbonyl (C=O) groups excluding carboxylic acids is 1. The lowest BCUT2D eigenvalue weighted by Crippen LogP contribution is -2.27. The Morgan fingerprint density at radius 2 is 1.71 bits per heavy atom. The van der Waals surface area contributed by atoms with E-state index < -0.39 is 0 Å². The first kappa shape index (κ1) is 17.0. The Balaban J connectivity index is 1.87. The highest BCUT2D eigenvalue weighted by Crippen LogP contribution is 2.36. The maximum absolute atomic E-state index is 12.7. The van der Waals surface area contributed by atoms with E-state index in [1.54, 1.807) is 17.0 Å². The lowest BCUT2D eigenvalue weighted by Gasteiger charge is -2.17. The lowest BCUT2D eigenvalue weighted by molar-refractivity contribution is -0.113. The van der Waals surface area contributed by atoms with Crippen molar-refractivity contribution in [1.82, 2.24) is 0 Å². The topological polar surface area (TPSA) is 23.6 Å². The summed E-state index contributed by atoms with van der Waals surface area (Å²) in [5.41, 5.74) is 2.77. The summed E-state index contributed by atoms with van der Waals surface area (Å²) in [5.74, 6) is -0.0995. The smallest absolute Gasteiger partial charge is 0.270 e. The minimum absolute atomic E-state index is 0.0995. The average molecular weight is 375 g/mol. The number of rotatable bonds is 3. The van der Waals surface area contributed by atoms with Crippen molar-refractivity contribution in [2.75, 3.05) is 23.9 Å². The number of halogens is 1. The van der Waals surface area contributed by atoms with Crippen molar-refractivity contribution in [2.24, 2.45) is 0 Å². The molecule has 2 aromatic carbocycles. The van der Waals surface area contributed by atoms with Crippen LogP contribution >= 0.6 is 35.6 Å². The number of thiocarbonyl (C=S) groups is 1. The first-order chi connectivity index (χ1) is 11.5. The largest absolute Gasteiger partial charge is 0.378 e. The third-order valence-electron chi connectivity index (χ3n) is 3.59. The van der Waals surface area contributed by atoms with Gasteiger partial charge in [0.1, 0.15) is 0 Å². The average Bonchev–Trinajstić information content (AvgIpc) is 2.83. The molecule has 1 fully saturated rings. The number of amides is 1. The van der Waals surface area contributed by atoms with E-state index in [1.165, 1.54) is 11.8 Å². The summed E-state index contributed by atoms with van der Waals surface area (Å²) in [7, 11) is 3.95. The second-order valence-corrected chi connectivity index (χ2v) is 7.59. The van der Waals surface area contributed by atoms with Gasteiger partial charge in [-0.2, -0.15) is 0 Å². The van der Waals surface area contributed by atoms with Gasteiger partial charge in [0.05, 0.1) is 10.6 Å². The Bertz CT molecular complexity index is 814. The minimum Gasteiger partial charge on any atom is -0.378 e. The molecule has 0 spiro atoms. The quantitative estimate of drug-likeness (QED) is 0.568. The molecule has 1 aliphatic heterocycles. The molecule has 0 unspecified atom stereocenters. The zero-order valence-corrected chi connectivity index (χ0v) is 15.6. The zero-order chi connectivity index (χ0) is 17.3. The number of thioether (sulfide) groups is 1. The monoisotopic (exact) mass is 374 g/mol. The van der Waals surface area contributed by atoms with Crippen molar-refractivity contribution >= 4 is 63.3 Å². The van der Waals surface area contributed by atoms with Gasteiger partial charge in [0.25, 0.3) is 5.91 Å². The van der Waals surface area contributed by atoms with Gasteiger partial charge in [-0.1, -0.05) is 47.7 Å². The van der Waals surface area contributed by atoms with Crippen molar-refractivity contribution in [1.29, 1.82) is 0 Å². The van der Waals surface area contributed by atoms with Crippen LogP contribution in [-0.4, -0.2) is 24.3 Å². The van der Waals surface area contributed by atoms with E-state index in [9.17, 15) is 4.79 Å². The fourth-order valence-corrected chi connectivity index (χ4v) is 3.73. The normalized spacial score (nSPS) is 16.1. The summed E-state index contributed by atoms with van der Waals surface area (Å²) < 4.78 is 0.540. The third kappa shape index (κ3) is 3.48. The SMILES string of the molecule is CN(C)c1ccc(N2C(=O)/C(=C\c3ccc(Cl)cc3)SC2=S)cc1. The third-order valence-corrected chi connectivity index (χ3v) is 5.14. The van der Waals surface area contributed by atoms with Crippen LogP contribution in [0.3, 0.4) is 0 Å². The number of hydrogen-bond donors (Lipinski definition) is 0. The number of anilines is 2. The summed E-state index contributed by atoms with van der Waals surface area (Å²) in [5, 5.41) is 0.667. The van der Waals surface area contributed by atoms with E-state index in [0.29, 0.717) is 14.2 Å². The predicted octanol–water partition coefficient (Wildman–Crippen LogP) is 4.81. The van der Waals surface area contributed by atoms with E-state index >= 15 is 0 Å². The van der Waals surface area contributed by atoms with Gasteiger partial charge in [0.15, 0.2) is 4.32 Å². The van der Waals surface area contributed by atoms with Crippen LogP contribution in [0.2, 0.25) is 5.02 Å². The van der Waals surface area contributed by atoms with Gasteiger partial charge in [0.2, 0.25) is 0 Å². The summed E-state index contributed by atoms with van der Waals surface area (Å²) in [6.07, 6.45) is 1.84. The van der Waals surface area contributed by atoms with Crippen LogP contribution in [0.25, 0.3) is 6.08 Å². The molecule has 6 heteroatoms. The van der Waals surface area contributed by atoms with Crippen LogP contribution in [-0.2, 0) is 4.79 Å². The van der Waals surface area contributed by atoms with Gasteiger partial charge >= 0.3 is 0 Å². The molecule has 2 aromatic rings. The molecule has 0 saturated carbocycles. The maximum atomic E-state index is 12.7. The van der Waals surface area contributed by atoms with E-state index in [2.05, 4.69) is 0 Å². The number of nitrogens with zero attached hydrogens (tertiary/aromatic N) is 2. The van der Waals surface area contributed by atoms with Gasteiger partial charge in [0, 0.05) is 24.8 Å². The van der Waals surface area contributed by atoms with Crippen molar-refractivity contribution in [3.63, 3.8) is 0 Å². The molecular weight excluding hydrogens is 360 g/mol. The molecule has 0 bridgehead atoms. The highest BCUT2D eigenvalue weighted by atomic mass is 35.5. The Morgan fingerprint density at radius 1 is 1.08 bits per heavy atom. The molecular formula is C18H15ClN2OS2. The van der Waals surface area contributed by atoms with E-state index in [0.717, 1.165) is 16.9 Å². The first-order valence-electron chi connectivity index (χ1n) is 7.26. The van der Waals surface area contributed by atoms with Crippen molar-refractivity contribution in [3.8, 4) is 0 Å². The first-order valence-corrected chi connectivity index (χ1v) is 8.87. The molecule has 24 heavy (non-hydrogen) atoms. The van der Waals surface area contributed by atoms with Crippen LogP contribution in [0.4, 0.5) is 11.4 Å². The summed E-state index contributed by atoms with van der Waals surface area (Å²) >= 11 is 12.6. The Kier molecular flexibility index (Phi) is 4.94. The molecule has 1 saturated heterocycles. The molecule has 3 rings (SSSR count). The van der Waals surface area contributed by atoms with Gasteiger partial charge in [-0.15, -0.1) is 0 Å². The highest BCUT2D eigenvalue weighted by Gasteiger charge is 2.33. The molecule has 0 aliphatic carbocycles. The number of carbonyl (C=O) groups is 1. The van der Waals surface area contributed by atoms with Crippen LogP contribution in [0.1, 0.15) is 5.56 Å². The van der Waals surface area contributed by atoms with Crippen molar-refractivity contribution in [2.45, 2.75) is 0 Å². The second kappa shape index (κ2) is 6.97. The molecule has 0 atom stereocenters. The van der Waals surface area contributed by atoms with E-state index in [4.69, 9.17) is 23.8 Å². The predicted molar refractivity (Wildman–Crippen MR) is 108 cm³/mol.